The Hall–Kier alpha value is -3.38. The molecule has 0 aliphatic carbocycles. The summed E-state index contributed by atoms with van der Waals surface area (Å²) in [6.07, 6.45) is 0.287. The van der Waals surface area contributed by atoms with Gasteiger partial charge in [-0.15, -0.1) is 10.2 Å². The fraction of sp³-hybridized carbons (Fsp3) is 0.481. The lowest BCUT2D eigenvalue weighted by Gasteiger charge is -2.50. The number of hydrogen-bond acceptors (Lipinski definition) is 7. The van der Waals surface area contributed by atoms with Crippen LogP contribution in [-0.2, 0) is 11.3 Å². The lowest BCUT2D eigenvalue weighted by molar-refractivity contribution is -0.146. The highest BCUT2D eigenvalue weighted by Gasteiger charge is 2.54. The lowest BCUT2D eigenvalue weighted by atomic mass is 9.89. The van der Waals surface area contributed by atoms with Crippen LogP contribution in [0, 0.1) is 5.82 Å². The topological polar surface area (TPSA) is 78.6 Å². The molecule has 3 aromatic rings. The maximum atomic E-state index is 16.0. The number of carbonyl (C=O) groups is 1. The van der Waals surface area contributed by atoms with Gasteiger partial charge in [0.05, 0.1) is 17.8 Å². The molecule has 5 rings (SSSR count). The fourth-order valence-corrected chi connectivity index (χ4v) is 5.17. The number of anilines is 1. The van der Waals surface area contributed by atoms with Gasteiger partial charge in [-0.2, -0.15) is 8.78 Å². The number of aromatic nitrogens is 3. The predicted octanol–water partition coefficient (Wildman–Crippen LogP) is 4.64. The summed E-state index contributed by atoms with van der Waals surface area (Å²) in [4.78, 5) is 23.4. The van der Waals surface area contributed by atoms with Crippen molar-refractivity contribution in [3.05, 3.63) is 60.0 Å². The number of rotatable bonds is 8. The lowest BCUT2D eigenvalue weighted by Crippen LogP contribution is -2.69. The summed E-state index contributed by atoms with van der Waals surface area (Å²) in [6, 6.07) is 9.19. The first-order valence-electron chi connectivity index (χ1n) is 12.9. The van der Waals surface area contributed by atoms with E-state index in [-0.39, 0.29) is 37.3 Å². The third-order valence-electron chi connectivity index (χ3n) is 7.42. The van der Waals surface area contributed by atoms with Gasteiger partial charge in [0.15, 0.2) is 0 Å². The van der Waals surface area contributed by atoms with Gasteiger partial charge < -0.3 is 14.2 Å². The van der Waals surface area contributed by atoms with Gasteiger partial charge in [-0.3, -0.25) is 14.7 Å². The van der Waals surface area contributed by atoms with E-state index in [0.717, 1.165) is 25.9 Å². The van der Waals surface area contributed by atoms with E-state index in [0.29, 0.717) is 17.3 Å². The van der Waals surface area contributed by atoms with Crippen LogP contribution < -0.4 is 4.90 Å². The summed E-state index contributed by atoms with van der Waals surface area (Å²) < 4.78 is 60.5. The van der Waals surface area contributed by atoms with Crippen molar-refractivity contribution < 1.29 is 26.8 Å². The van der Waals surface area contributed by atoms with Crippen LogP contribution in [0.25, 0.3) is 11.5 Å². The molecule has 0 spiro atoms. The van der Waals surface area contributed by atoms with Gasteiger partial charge in [0.2, 0.25) is 11.6 Å². The second kappa shape index (κ2) is 11.0. The average Bonchev–Trinajstić information content (AvgIpc) is 3.41. The van der Waals surface area contributed by atoms with E-state index in [2.05, 4.69) is 33.9 Å². The number of alkyl halides is 3. The third kappa shape index (κ3) is 5.81. The van der Waals surface area contributed by atoms with Crippen molar-refractivity contribution in [3.63, 3.8) is 0 Å². The molecule has 2 fully saturated rings. The molecule has 2 aromatic heterocycles. The molecule has 8 nitrogen and oxygen atoms in total. The number of benzene rings is 1. The molecule has 2 aliphatic heterocycles. The van der Waals surface area contributed by atoms with E-state index in [1.807, 2.05) is 4.90 Å². The number of carbonyl (C=O) groups excluding carboxylic acids is 1. The molecule has 208 valence electrons. The number of halogens is 4. The molecular formula is C27H30F4N6O2. The highest BCUT2D eigenvalue weighted by atomic mass is 19.3. The van der Waals surface area contributed by atoms with Crippen molar-refractivity contribution in [2.45, 2.75) is 57.4 Å². The van der Waals surface area contributed by atoms with E-state index in [4.69, 9.17) is 4.42 Å². The normalized spacial score (nSPS) is 18.5. The largest absolute Gasteiger partial charge is 0.415 e. The summed E-state index contributed by atoms with van der Waals surface area (Å²) in [6.45, 7) is 6.05. The zero-order valence-electron chi connectivity index (χ0n) is 21.7. The molecule has 0 N–H and O–H groups in total. The van der Waals surface area contributed by atoms with Gasteiger partial charge in [0, 0.05) is 37.1 Å². The number of amides is 1. The monoisotopic (exact) mass is 546 g/mol. The van der Waals surface area contributed by atoms with Gasteiger partial charge in [-0.1, -0.05) is 6.07 Å². The number of pyridine rings is 1. The van der Waals surface area contributed by atoms with Crippen molar-refractivity contribution in [2.75, 3.05) is 31.1 Å². The van der Waals surface area contributed by atoms with Gasteiger partial charge in [0.1, 0.15) is 5.82 Å². The van der Waals surface area contributed by atoms with Crippen molar-refractivity contribution in [1.82, 2.24) is 25.0 Å². The van der Waals surface area contributed by atoms with Crippen LogP contribution in [0.1, 0.15) is 44.7 Å². The average molecular weight is 547 g/mol. The minimum absolute atomic E-state index is 0.0139. The molecule has 0 radical (unpaired) electrons. The number of hydrogen-bond donors (Lipinski definition) is 0. The summed E-state index contributed by atoms with van der Waals surface area (Å²) >= 11 is 0. The highest BCUT2D eigenvalue weighted by molar-refractivity contribution is 6.00. The Kier molecular flexibility index (Phi) is 7.68. The predicted molar refractivity (Wildman–Crippen MR) is 135 cm³/mol. The Morgan fingerprint density at radius 2 is 1.90 bits per heavy atom. The fourth-order valence-electron chi connectivity index (χ4n) is 5.17. The zero-order chi connectivity index (χ0) is 27.7. The highest BCUT2D eigenvalue weighted by Crippen LogP contribution is 2.35. The molecule has 2 aliphatic rings. The third-order valence-corrected chi connectivity index (χ3v) is 7.42. The maximum Gasteiger partial charge on any atom is 0.314 e. The first kappa shape index (κ1) is 27.2. The van der Waals surface area contributed by atoms with Crippen molar-refractivity contribution in [1.29, 1.82) is 0 Å². The molecule has 0 unspecified atom stereocenters. The SMILES string of the molecule is CC(C)N1CCC(N2CC(F)(C(=O)N(Cc3ccc(-c4nnc(C(F)F)o4)cn3)c3cccc(F)c3)C2)CC1. The summed E-state index contributed by atoms with van der Waals surface area (Å²) in [5.74, 6) is -2.24. The first-order chi connectivity index (χ1) is 18.6. The van der Waals surface area contributed by atoms with E-state index < -0.39 is 29.7 Å². The van der Waals surface area contributed by atoms with E-state index in [9.17, 15) is 18.0 Å². The van der Waals surface area contributed by atoms with Crippen LogP contribution in [0.3, 0.4) is 0 Å². The molecule has 4 heterocycles. The number of likely N-dealkylation sites (tertiary alicyclic amines) is 2. The molecule has 0 bridgehead atoms. The Morgan fingerprint density at radius 1 is 1.15 bits per heavy atom. The van der Waals surface area contributed by atoms with Gasteiger partial charge in [0.25, 0.3) is 11.8 Å². The van der Waals surface area contributed by atoms with Crippen LogP contribution >= 0.6 is 0 Å². The van der Waals surface area contributed by atoms with Crippen molar-refractivity contribution >= 4 is 11.6 Å². The quantitative estimate of drug-likeness (QED) is 0.381. The molecule has 1 aromatic carbocycles. The van der Waals surface area contributed by atoms with Crippen LogP contribution in [0.4, 0.5) is 23.2 Å². The van der Waals surface area contributed by atoms with Crippen LogP contribution in [0.15, 0.2) is 47.0 Å². The minimum atomic E-state index is -2.90. The van der Waals surface area contributed by atoms with Gasteiger partial charge in [-0.25, -0.2) is 8.78 Å². The second-order valence-corrected chi connectivity index (χ2v) is 10.4. The Balaban J connectivity index is 1.30. The van der Waals surface area contributed by atoms with Crippen molar-refractivity contribution in [3.8, 4) is 11.5 Å². The molecule has 39 heavy (non-hydrogen) atoms. The number of nitrogens with zero attached hydrogens (tertiary/aromatic N) is 6. The maximum absolute atomic E-state index is 16.0. The van der Waals surface area contributed by atoms with E-state index in [1.54, 1.807) is 12.1 Å². The second-order valence-electron chi connectivity index (χ2n) is 10.4. The molecule has 0 saturated carbocycles. The van der Waals surface area contributed by atoms with Crippen LogP contribution in [-0.4, -0.2) is 74.8 Å². The molecule has 2 saturated heterocycles. The van der Waals surface area contributed by atoms with Crippen LogP contribution in [0.2, 0.25) is 0 Å². The minimum Gasteiger partial charge on any atom is -0.415 e. The van der Waals surface area contributed by atoms with Crippen molar-refractivity contribution in [2.24, 2.45) is 0 Å². The van der Waals surface area contributed by atoms with E-state index >= 15 is 4.39 Å². The van der Waals surface area contributed by atoms with E-state index in [1.165, 1.54) is 35.4 Å². The summed E-state index contributed by atoms with van der Waals surface area (Å²) in [5, 5.41) is 6.89. The first-order valence-corrected chi connectivity index (χ1v) is 12.9. The molecule has 12 heteroatoms. The molecule has 0 atom stereocenters. The zero-order valence-corrected chi connectivity index (χ0v) is 21.7. The summed E-state index contributed by atoms with van der Waals surface area (Å²) in [7, 11) is 0. The Labute approximate surface area is 223 Å². The Morgan fingerprint density at radius 3 is 2.49 bits per heavy atom. The molecular weight excluding hydrogens is 516 g/mol. The summed E-state index contributed by atoms with van der Waals surface area (Å²) in [5.41, 5.74) is -1.20. The van der Waals surface area contributed by atoms with Gasteiger partial charge >= 0.3 is 6.43 Å². The molecule has 1 amide bonds. The standard InChI is InChI=1S/C27H30F4N6O2/c1-17(2)35-10-8-21(9-11-35)36-15-27(31,16-36)26(38)37(22-5-3-4-19(28)12-22)14-20-7-6-18(13-32-20)24-33-34-25(39-24)23(29)30/h3-7,12-13,17,21,23H,8-11,14-16H2,1-2H3. The Bertz CT molecular complexity index is 1290. The van der Waals surface area contributed by atoms with Gasteiger partial charge in [-0.05, 0) is 70.1 Å². The van der Waals surface area contributed by atoms with Crippen LogP contribution in [0.5, 0.6) is 0 Å². The number of piperidine rings is 1. The smallest absolute Gasteiger partial charge is 0.314 e.